The first-order chi connectivity index (χ1) is 7.77. The van der Waals surface area contributed by atoms with Gasteiger partial charge in [-0.2, -0.15) is 0 Å². The summed E-state index contributed by atoms with van der Waals surface area (Å²) < 4.78 is 5.49. The summed E-state index contributed by atoms with van der Waals surface area (Å²) in [7, 11) is 1.60. The van der Waals surface area contributed by atoms with E-state index in [0.29, 0.717) is 19.4 Å². The van der Waals surface area contributed by atoms with Crippen LogP contribution in [0.2, 0.25) is 0 Å². The van der Waals surface area contributed by atoms with Gasteiger partial charge in [-0.3, -0.25) is 4.79 Å². The second kappa shape index (κ2) is 6.85. The highest BCUT2D eigenvalue weighted by Crippen LogP contribution is 2.18. The predicted molar refractivity (Wildman–Crippen MR) is 61.4 cm³/mol. The van der Waals surface area contributed by atoms with Crippen molar-refractivity contribution < 1.29 is 14.6 Å². The largest absolute Gasteiger partial charge is 0.493 e. The first-order valence-corrected chi connectivity index (χ1v) is 5.30. The van der Waals surface area contributed by atoms with Crippen molar-refractivity contribution in [2.45, 2.75) is 12.8 Å². The average molecular weight is 223 g/mol. The van der Waals surface area contributed by atoms with E-state index in [4.69, 9.17) is 9.84 Å². The minimum Gasteiger partial charge on any atom is -0.493 e. The number of amides is 1. The number of benzene rings is 1. The zero-order valence-electron chi connectivity index (χ0n) is 9.40. The molecule has 16 heavy (non-hydrogen) atoms. The Hall–Kier alpha value is -1.55. The number of aliphatic hydroxyl groups excluding tert-OH is 1. The van der Waals surface area contributed by atoms with Crippen LogP contribution in [0.25, 0.3) is 0 Å². The number of aliphatic hydroxyl groups is 1. The zero-order valence-corrected chi connectivity index (χ0v) is 9.40. The Morgan fingerprint density at radius 3 is 2.88 bits per heavy atom. The highest BCUT2D eigenvalue weighted by atomic mass is 16.5. The Labute approximate surface area is 95.2 Å². The highest BCUT2D eigenvalue weighted by Gasteiger charge is 2.03. The fraction of sp³-hybridized carbons (Fsp3) is 0.417. The van der Waals surface area contributed by atoms with Crippen LogP contribution in [0.1, 0.15) is 12.0 Å². The maximum atomic E-state index is 11.0. The summed E-state index contributed by atoms with van der Waals surface area (Å²) in [5.41, 5.74) is 0.960. The van der Waals surface area contributed by atoms with Gasteiger partial charge < -0.3 is 15.2 Å². The third-order valence-corrected chi connectivity index (χ3v) is 2.22. The lowest BCUT2D eigenvalue weighted by atomic mass is 10.1. The standard InChI is InChI=1S/C12H17NO3/c1-13-12(15)7-9-16-11-5-3-2-4-10(11)6-8-14/h2-5,14H,6-9H2,1H3,(H,13,15). The van der Waals surface area contributed by atoms with Gasteiger partial charge in [-0.05, 0) is 18.1 Å². The maximum Gasteiger partial charge on any atom is 0.223 e. The van der Waals surface area contributed by atoms with Crippen molar-refractivity contribution in [2.75, 3.05) is 20.3 Å². The molecule has 0 unspecified atom stereocenters. The van der Waals surface area contributed by atoms with Gasteiger partial charge in [0.1, 0.15) is 5.75 Å². The van der Waals surface area contributed by atoms with Crippen LogP contribution in [-0.2, 0) is 11.2 Å². The molecule has 88 valence electrons. The molecule has 0 atom stereocenters. The number of nitrogens with one attached hydrogen (secondary N) is 1. The molecular weight excluding hydrogens is 206 g/mol. The number of rotatable bonds is 6. The van der Waals surface area contributed by atoms with Crippen molar-refractivity contribution in [3.05, 3.63) is 29.8 Å². The molecule has 4 heteroatoms. The molecule has 4 nitrogen and oxygen atoms in total. The molecular formula is C12H17NO3. The Bertz CT molecular complexity index is 339. The minimum atomic E-state index is -0.0420. The van der Waals surface area contributed by atoms with Crippen LogP contribution in [0.15, 0.2) is 24.3 Å². The topological polar surface area (TPSA) is 58.6 Å². The number of carbonyl (C=O) groups is 1. The third-order valence-electron chi connectivity index (χ3n) is 2.22. The van der Waals surface area contributed by atoms with Gasteiger partial charge in [-0.25, -0.2) is 0 Å². The number of hydrogen-bond donors (Lipinski definition) is 2. The van der Waals surface area contributed by atoms with E-state index in [0.717, 1.165) is 11.3 Å². The molecule has 0 aromatic heterocycles. The summed E-state index contributed by atoms with van der Waals surface area (Å²) in [6, 6.07) is 7.52. The molecule has 0 saturated carbocycles. The summed E-state index contributed by atoms with van der Waals surface area (Å²) in [4.78, 5) is 11.0. The fourth-order valence-electron chi connectivity index (χ4n) is 1.35. The molecule has 1 amide bonds. The van der Waals surface area contributed by atoms with Gasteiger partial charge in [0.25, 0.3) is 0 Å². The summed E-state index contributed by atoms with van der Waals surface area (Å²) >= 11 is 0. The van der Waals surface area contributed by atoms with Crippen molar-refractivity contribution >= 4 is 5.91 Å². The average Bonchev–Trinajstić information content (AvgIpc) is 2.31. The van der Waals surface area contributed by atoms with Crippen LogP contribution >= 0.6 is 0 Å². The van der Waals surface area contributed by atoms with Gasteiger partial charge in [0.15, 0.2) is 0 Å². The maximum absolute atomic E-state index is 11.0. The molecule has 1 rings (SSSR count). The zero-order chi connectivity index (χ0) is 11.8. The van der Waals surface area contributed by atoms with Gasteiger partial charge in [0, 0.05) is 13.7 Å². The molecule has 0 aliphatic heterocycles. The smallest absolute Gasteiger partial charge is 0.223 e. The monoisotopic (exact) mass is 223 g/mol. The summed E-state index contributed by atoms with van der Waals surface area (Å²) in [6.07, 6.45) is 0.903. The summed E-state index contributed by atoms with van der Waals surface area (Å²) in [5, 5.41) is 11.4. The molecule has 0 spiro atoms. The molecule has 0 bridgehead atoms. The highest BCUT2D eigenvalue weighted by molar-refractivity contribution is 5.75. The Kier molecular flexibility index (Phi) is 5.36. The Balaban J connectivity index is 2.49. The molecule has 0 fully saturated rings. The SMILES string of the molecule is CNC(=O)CCOc1ccccc1CCO. The van der Waals surface area contributed by atoms with Crippen molar-refractivity contribution in [1.82, 2.24) is 5.32 Å². The van der Waals surface area contributed by atoms with E-state index in [-0.39, 0.29) is 12.5 Å². The van der Waals surface area contributed by atoms with Crippen LogP contribution in [0.4, 0.5) is 0 Å². The van der Waals surface area contributed by atoms with Gasteiger partial charge in [-0.15, -0.1) is 0 Å². The molecule has 2 N–H and O–H groups in total. The quantitative estimate of drug-likeness (QED) is 0.747. The molecule has 0 radical (unpaired) electrons. The number of para-hydroxylation sites is 1. The van der Waals surface area contributed by atoms with Gasteiger partial charge in [-0.1, -0.05) is 18.2 Å². The lowest BCUT2D eigenvalue weighted by molar-refractivity contribution is -0.121. The number of hydrogen-bond acceptors (Lipinski definition) is 3. The van der Waals surface area contributed by atoms with Crippen LogP contribution in [-0.4, -0.2) is 31.3 Å². The minimum absolute atomic E-state index is 0.0420. The van der Waals surface area contributed by atoms with E-state index >= 15 is 0 Å². The van der Waals surface area contributed by atoms with Crippen molar-refractivity contribution in [3.63, 3.8) is 0 Å². The normalized spacial score (nSPS) is 9.88. The van der Waals surface area contributed by atoms with Gasteiger partial charge in [0.05, 0.1) is 13.0 Å². The molecule has 0 heterocycles. The number of ether oxygens (including phenoxy) is 1. The molecule has 0 aliphatic rings. The van der Waals surface area contributed by atoms with Gasteiger partial charge >= 0.3 is 0 Å². The van der Waals surface area contributed by atoms with Crippen molar-refractivity contribution in [2.24, 2.45) is 0 Å². The van der Waals surface area contributed by atoms with Crippen LogP contribution in [0.5, 0.6) is 5.75 Å². The van der Waals surface area contributed by atoms with E-state index in [1.165, 1.54) is 0 Å². The lowest BCUT2D eigenvalue weighted by Crippen LogP contribution is -2.20. The third kappa shape index (κ3) is 3.90. The van der Waals surface area contributed by atoms with E-state index in [2.05, 4.69) is 5.32 Å². The van der Waals surface area contributed by atoms with E-state index < -0.39 is 0 Å². The van der Waals surface area contributed by atoms with Crippen molar-refractivity contribution in [1.29, 1.82) is 0 Å². The molecule has 0 saturated heterocycles. The van der Waals surface area contributed by atoms with Crippen LogP contribution in [0.3, 0.4) is 0 Å². The van der Waals surface area contributed by atoms with Crippen LogP contribution < -0.4 is 10.1 Å². The Morgan fingerprint density at radius 1 is 1.44 bits per heavy atom. The summed E-state index contributed by atoms with van der Waals surface area (Å²) in [6.45, 7) is 0.442. The fourth-order valence-corrected chi connectivity index (χ4v) is 1.35. The van der Waals surface area contributed by atoms with Crippen molar-refractivity contribution in [3.8, 4) is 5.75 Å². The van der Waals surface area contributed by atoms with E-state index in [1.807, 2.05) is 24.3 Å². The molecule has 1 aromatic carbocycles. The summed E-state index contributed by atoms with van der Waals surface area (Å²) in [5.74, 6) is 0.695. The van der Waals surface area contributed by atoms with Gasteiger partial charge in [0.2, 0.25) is 5.91 Å². The first kappa shape index (κ1) is 12.5. The molecule has 0 aliphatic carbocycles. The van der Waals surface area contributed by atoms with Crippen LogP contribution in [0, 0.1) is 0 Å². The lowest BCUT2D eigenvalue weighted by Gasteiger charge is -2.10. The Morgan fingerprint density at radius 2 is 2.19 bits per heavy atom. The second-order valence-corrected chi connectivity index (χ2v) is 3.35. The van der Waals surface area contributed by atoms with E-state index in [1.54, 1.807) is 7.05 Å². The predicted octanol–water partition coefficient (Wildman–Crippen LogP) is 0.736. The first-order valence-electron chi connectivity index (χ1n) is 5.30. The number of carbonyl (C=O) groups excluding carboxylic acids is 1. The van der Waals surface area contributed by atoms with E-state index in [9.17, 15) is 4.79 Å². The molecule has 1 aromatic rings. The second-order valence-electron chi connectivity index (χ2n) is 3.35.